The molecule has 106 valence electrons. The molecule has 0 aliphatic rings. The molecule has 0 unspecified atom stereocenters. The van der Waals surface area contributed by atoms with Crippen molar-refractivity contribution in [3.63, 3.8) is 0 Å². The van der Waals surface area contributed by atoms with Crippen molar-refractivity contribution < 1.29 is 8.81 Å². The maximum absolute atomic E-state index is 13.1. The first-order valence-electron chi connectivity index (χ1n) is 5.77. The lowest BCUT2D eigenvalue weighted by Crippen LogP contribution is -1.99. The van der Waals surface area contributed by atoms with Crippen molar-refractivity contribution in [2.75, 3.05) is 5.73 Å². The number of tetrazole rings is 1. The fourth-order valence-corrected chi connectivity index (χ4v) is 1.79. The normalized spacial score (nSPS) is 11.3. The Morgan fingerprint density at radius 1 is 1.33 bits per heavy atom. The van der Waals surface area contributed by atoms with Gasteiger partial charge in [-0.1, -0.05) is 21.5 Å². The minimum absolute atomic E-state index is 0.0283. The highest BCUT2D eigenvalue weighted by Crippen LogP contribution is 2.26. The van der Waals surface area contributed by atoms with E-state index in [-0.39, 0.29) is 11.0 Å². The number of benzene rings is 1. The van der Waals surface area contributed by atoms with Gasteiger partial charge in [0.1, 0.15) is 17.3 Å². The van der Waals surface area contributed by atoms with Crippen LogP contribution < -0.4 is 5.73 Å². The number of anilines is 1. The fourth-order valence-electron chi connectivity index (χ4n) is 1.61. The molecule has 0 amide bonds. The molecule has 3 rings (SSSR count). The van der Waals surface area contributed by atoms with E-state index in [9.17, 15) is 4.39 Å². The largest absolute Gasteiger partial charge is 0.455 e. The number of nitrogens with zero attached hydrogens (tertiary/aromatic N) is 5. The minimum Gasteiger partial charge on any atom is -0.455 e. The molecule has 2 aromatic heterocycles. The summed E-state index contributed by atoms with van der Waals surface area (Å²) in [6.07, 6.45) is 1.40. The Balaban J connectivity index is 1.84. The highest BCUT2D eigenvalue weighted by Gasteiger charge is 2.07. The SMILES string of the molecule is Nc1nnnn1/N=C\c1ccc(-c2ccc(F)c(Cl)c2)o1. The van der Waals surface area contributed by atoms with Crippen LogP contribution in [0, 0.1) is 5.82 Å². The molecular formula is C12H8ClFN6O. The topological polar surface area (TPSA) is 95.1 Å². The van der Waals surface area contributed by atoms with Gasteiger partial charge in [0.25, 0.3) is 5.95 Å². The summed E-state index contributed by atoms with van der Waals surface area (Å²) in [7, 11) is 0. The molecule has 0 aliphatic carbocycles. The van der Waals surface area contributed by atoms with Crippen molar-refractivity contribution in [3.05, 3.63) is 46.9 Å². The number of nitrogen functional groups attached to an aromatic ring is 1. The van der Waals surface area contributed by atoms with E-state index in [1.165, 1.54) is 18.3 Å². The standard InChI is InChI=1S/C12H8ClFN6O/c13-9-5-7(1-3-10(9)14)11-4-2-8(21-11)6-16-20-12(15)17-18-19-20/h1-6H,(H2,15,17,19)/b16-6-. The number of nitrogens with two attached hydrogens (primary N) is 1. The van der Waals surface area contributed by atoms with Crippen LogP contribution in [0.4, 0.5) is 10.3 Å². The van der Waals surface area contributed by atoms with Gasteiger partial charge in [-0.3, -0.25) is 0 Å². The van der Waals surface area contributed by atoms with Gasteiger partial charge in [-0.05, 0) is 40.8 Å². The Kier molecular flexibility index (Phi) is 3.36. The summed E-state index contributed by atoms with van der Waals surface area (Å²) in [6.45, 7) is 0. The number of rotatable bonds is 3. The Morgan fingerprint density at radius 2 is 2.19 bits per heavy atom. The number of halogens is 2. The quantitative estimate of drug-likeness (QED) is 0.748. The summed E-state index contributed by atoms with van der Waals surface area (Å²) in [4.78, 5) is 1.05. The second kappa shape index (κ2) is 5.33. The maximum Gasteiger partial charge on any atom is 0.263 e. The molecular weight excluding hydrogens is 299 g/mol. The van der Waals surface area contributed by atoms with Gasteiger partial charge in [-0.25, -0.2) is 4.39 Å². The Bertz CT molecular complexity index is 812. The third-order valence-corrected chi connectivity index (χ3v) is 2.89. The average Bonchev–Trinajstić information content (AvgIpc) is 3.09. The number of aromatic nitrogens is 4. The lowest BCUT2D eigenvalue weighted by atomic mass is 10.2. The third kappa shape index (κ3) is 2.75. The highest BCUT2D eigenvalue weighted by atomic mass is 35.5. The summed E-state index contributed by atoms with van der Waals surface area (Å²) in [5.74, 6) is 0.564. The molecule has 7 nitrogen and oxygen atoms in total. The molecule has 0 aliphatic heterocycles. The molecule has 0 radical (unpaired) electrons. The van der Waals surface area contributed by atoms with E-state index in [4.69, 9.17) is 21.8 Å². The summed E-state index contributed by atoms with van der Waals surface area (Å²) in [6, 6.07) is 7.73. The molecule has 2 heterocycles. The zero-order valence-corrected chi connectivity index (χ0v) is 11.2. The van der Waals surface area contributed by atoms with Gasteiger partial charge in [0, 0.05) is 5.56 Å². The zero-order valence-electron chi connectivity index (χ0n) is 10.4. The van der Waals surface area contributed by atoms with Gasteiger partial charge in [-0.2, -0.15) is 5.10 Å². The molecule has 1 aromatic carbocycles. The predicted molar refractivity (Wildman–Crippen MR) is 74.3 cm³/mol. The first kappa shape index (κ1) is 13.3. The van der Waals surface area contributed by atoms with Crippen molar-refractivity contribution in [3.8, 4) is 11.3 Å². The minimum atomic E-state index is -0.483. The summed E-state index contributed by atoms with van der Waals surface area (Å²) in [5.41, 5.74) is 6.12. The van der Waals surface area contributed by atoms with E-state index >= 15 is 0 Å². The predicted octanol–water partition coefficient (Wildman–Crippen LogP) is 2.19. The Morgan fingerprint density at radius 3 is 2.90 bits per heavy atom. The first-order chi connectivity index (χ1) is 10.1. The summed E-state index contributed by atoms with van der Waals surface area (Å²) in [5, 5.41) is 14.3. The lowest BCUT2D eigenvalue weighted by Gasteiger charge is -1.98. The first-order valence-corrected chi connectivity index (χ1v) is 6.15. The maximum atomic E-state index is 13.1. The monoisotopic (exact) mass is 306 g/mol. The third-order valence-electron chi connectivity index (χ3n) is 2.60. The number of hydrogen-bond acceptors (Lipinski definition) is 6. The van der Waals surface area contributed by atoms with Crippen LogP contribution in [0.1, 0.15) is 5.76 Å². The van der Waals surface area contributed by atoms with Crippen LogP contribution in [0.3, 0.4) is 0 Å². The smallest absolute Gasteiger partial charge is 0.263 e. The van der Waals surface area contributed by atoms with Crippen molar-refractivity contribution >= 4 is 23.8 Å². The van der Waals surface area contributed by atoms with Gasteiger partial charge in [0.05, 0.1) is 11.2 Å². The van der Waals surface area contributed by atoms with Crippen molar-refractivity contribution in [2.45, 2.75) is 0 Å². The molecule has 0 atom stereocenters. The van der Waals surface area contributed by atoms with Crippen LogP contribution in [-0.4, -0.2) is 26.5 Å². The molecule has 0 fully saturated rings. The van der Waals surface area contributed by atoms with Crippen LogP contribution in [0.2, 0.25) is 5.02 Å². The highest BCUT2D eigenvalue weighted by molar-refractivity contribution is 6.31. The second-order valence-electron chi connectivity index (χ2n) is 4.00. The van der Waals surface area contributed by atoms with Crippen LogP contribution in [0.5, 0.6) is 0 Å². The number of hydrogen-bond donors (Lipinski definition) is 1. The van der Waals surface area contributed by atoms with Crippen molar-refractivity contribution in [2.24, 2.45) is 5.10 Å². The van der Waals surface area contributed by atoms with Crippen molar-refractivity contribution in [1.29, 1.82) is 0 Å². The molecule has 0 saturated heterocycles. The molecule has 0 spiro atoms. The van der Waals surface area contributed by atoms with Crippen LogP contribution in [0.25, 0.3) is 11.3 Å². The second-order valence-corrected chi connectivity index (χ2v) is 4.41. The summed E-state index contributed by atoms with van der Waals surface area (Å²) < 4.78 is 18.7. The number of furan rings is 1. The Labute approximate surface area is 122 Å². The summed E-state index contributed by atoms with van der Waals surface area (Å²) >= 11 is 5.73. The molecule has 3 aromatic rings. The molecule has 9 heteroatoms. The molecule has 2 N–H and O–H groups in total. The van der Waals surface area contributed by atoms with E-state index in [2.05, 4.69) is 20.6 Å². The van der Waals surface area contributed by atoms with E-state index in [0.717, 1.165) is 4.79 Å². The van der Waals surface area contributed by atoms with Gasteiger partial charge in [-0.15, -0.1) is 0 Å². The van der Waals surface area contributed by atoms with Gasteiger partial charge in [0.15, 0.2) is 0 Å². The van der Waals surface area contributed by atoms with E-state index in [1.54, 1.807) is 18.2 Å². The fraction of sp³-hybridized carbons (Fsp3) is 0. The molecule has 21 heavy (non-hydrogen) atoms. The van der Waals surface area contributed by atoms with E-state index < -0.39 is 5.82 Å². The Hall–Kier alpha value is -2.74. The van der Waals surface area contributed by atoms with E-state index in [0.29, 0.717) is 17.1 Å². The van der Waals surface area contributed by atoms with Gasteiger partial charge in [0.2, 0.25) is 0 Å². The molecule has 0 bridgehead atoms. The van der Waals surface area contributed by atoms with Crippen LogP contribution >= 0.6 is 11.6 Å². The van der Waals surface area contributed by atoms with E-state index in [1.807, 2.05) is 0 Å². The van der Waals surface area contributed by atoms with Crippen molar-refractivity contribution in [1.82, 2.24) is 20.3 Å². The zero-order chi connectivity index (χ0) is 14.8. The molecule has 0 saturated carbocycles. The van der Waals surface area contributed by atoms with Crippen LogP contribution in [-0.2, 0) is 0 Å². The average molecular weight is 307 g/mol. The van der Waals surface area contributed by atoms with Gasteiger partial charge >= 0.3 is 0 Å². The lowest BCUT2D eigenvalue weighted by molar-refractivity contribution is 0.572. The van der Waals surface area contributed by atoms with Crippen LogP contribution in [0.15, 0.2) is 39.9 Å². The van der Waals surface area contributed by atoms with Gasteiger partial charge < -0.3 is 10.2 Å².